The zero-order valence-electron chi connectivity index (χ0n) is 8.19. The van der Waals surface area contributed by atoms with E-state index in [1.807, 2.05) is 0 Å². The van der Waals surface area contributed by atoms with Crippen LogP contribution < -0.4 is 0 Å². The van der Waals surface area contributed by atoms with Crippen molar-refractivity contribution >= 4 is 17.4 Å². The number of hydrogen-bond acceptors (Lipinski definition) is 1. The summed E-state index contributed by atoms with van der Waals surface area (Å²) in [6.45, 7) is 0. The van der Waals surface area contributed by atoms with Crippen molar-refractivity contribution < 1.29 is 26.7 Å². The number of halogens is 6. The second-order valence-electron chi connectivity index (χ2n) is 3.24. The Kier molecular flexibility index (Phi) is 4.08. The van der Waals surface area contributed by atoms with Gasteiger partial charge >= 0.3 is 12.3 Å². The Morgan fingerprint density at radius 2 is 1.94 bits per heavy atom. The molecule has 0 saturated carbocycles. The van der Waals surface area contributed by atoms with Gasteiger partial charge in [-0.05, 0) is 11.6 Å². The molecule has 0 aliphatic carbocycles. The van der Waals surface area contributed by atoms with Crippen LogP contribution in [0.15, 0.2) is 18.2 Å². The molecule has 0 N–H and O–H groups in total. The quantitative estimate of drug-likeness (QED) is 0.767. The predicted molar refractivity (Wildman–Crippen MR) is 51.1 cm³/mol. The van der Waals surface area contributed by atoms with Gasteiger partial charge in [0.25, 0.3) is 0 Å². The van der Waals surface area contributed by atoms with Crippen LogP contribution in [0.2, 0.25) is 5.02 Å². The van der Waals surface area contributed by atoms with E-state index in [-0.39, 0.29) is 5.56 Å². The standard InChI is InChI=1S/C10H6ClF5O/c11-8-5(2-1-3-6(8)12)4-7(17)10(15,16)9(13)14/h1-3,9H,4H2. The number of carbonyl (C=O) groups excluding carboxylic acids is 1. The summed E-state index contributed by atoms with van der Waals surface area (Å²) in [7, 11) is 0. The van der Waals surface area contributed by atoms with Crippen molar-refractivity contribution in [1.29, 1.82) is 0 Å². The molecule has 0 saturated heterocycles. The molecule has 0 heterocycles. The molecule has 1 rings (SSSR count). The molecule has 0 aromatic heterocycles. The van der Waals surface area contributed by atoms with Gasteiger partial charge in [-0.2, -0.15) is 8.78 Å². The van der Waals surface area contributed by atoms with E-state index in [2.05, 4.69) is 0 Å². The molecule has 0 amide bonds. The smallest absolute Gasteiger partial charge is 0.292 e. The lowest BCUT2D eigenvalue weighted by molar-refractivity contribution is -0.166. The minimum absolute atomic E-state index is 0.253. The number of hydrogen-bond donors (Lipinski definition) is 0. The van der Waals surface area contributed by atoms with Crippen LogP contribution in [0.4, 0.5) is 22.0 Å². The molecule has 94 valence electrons. The predicted octanol–water partition coefficient (Wildman–Crippen LogP) is 3.49. The van der Waals surface area contributed by atoms with Crippen LogP contribution in [0.25, 0.3) is 0 Å². The van der Waals surface area contributed by atoms with Crippen LogP contribution >= 0.6 is 11.6 Å². The molecule has 0 fully saturated rings. The van der Waals surface area contributed by atoms with Crippen LogP contribution in [-0.2, 0) is 11.2 Å². The summed E-state index contributed by atoms with van der Waals surface area (Å²) in [5, 5.41) is -0.522. The van der Waals surface area contributed by atoms with Crippen molar-refractivity contribution in [3.63, 3.8) is 0 Å². The van der Waals surface area contributed by atoms with Crippen molar-refractivity contribution in [1.82, 2.24) is 0 Å². The molecule has 0 bridgehead atoms. The summed E-state index contributed by atoms with van der Waals surface area (Å²) in [6.07, 6.45) is -5.14. The Morgan fingerprint density at radius 1 is 1.35 bits per heavy atom. The first-order chi connectivity index (χ1) is 7.76. The minimum atomic E-state index is -4.75. The molecular formula is C10H6ClF5O. The van der Waals surface area contributed by atoms with E-state index in [0.717, 1.165) is 18.2 Å². The lowest BCUT2D eigenvalue weighted by Gasteiger charge is -2.14. The van der Waals surface area contributed by atoms with E-state index in [9.17, 15) is 26.7 Å². The highest BCUT2D eigenvalue weighted by Crippen LogP contribution is 2.27. The van der Waals surface area contributed by atoms with Crippen molar-refractivity contribution in [3.8, 4) is 0 Å². The second kappa shape index (κ2) is 5.00. The van der Waals surface area contributed by atoms with Crippen molar-refractivity contribution in [2.45, 2.75) is 18.8 Å². The topological polar surface area (TPSA) is 17.1 Å². The van der Waals surface area contributed by atoms with Gasteiger partial charge in [-0.25, -0.2) is 13.2 Å². The van der Waals surface area contributed by atoms with E-state index >= 15 is 0 Å². The molecule has 0 aliphatic rings. The third-order valence-corrected chi connectivity index (χ3v) is 2.45. The average molecular weight is 273 g/mol. The van der Waals surface area contributed by atoms with Crippen molar-refractivity contribution in [2.75, 3.05) is 0 Å². The van der Waals surface area contributed by atoms with E-state index < -0.39 is 35.4 Å². The van der Waals surface area contributed by atoms with E-state index in [0.29, 0.717) is 0 Å². The Balaban J connectivity index is 2.93. The van der Waals surface area contributed by atoms with Gasteiger partial charge in [-0.15, -0.1) is 0 Å². The summed E-state index contributed by atoms with van der Waals surface area (Å²) in [5.41, 5.74) is -0.253. The van der Waals surface area contributed by atoms with Gasteiger partial charge in [-0.1, -0.05) is 23.7 Å². The third kappa shape index (κ3) is 2.94. The molecule has 0 atom stereocenters. The lowest BCUT2D eigenvalue weighted by Crippen LogP contribution is -2.37. The molecule has 0 radical (unpaired) electrons. The molecule has 0 spiro atoms. The summed E-state index contributed by atoms with van der Waals surface area (Å²) in [5.74, 6) is -7.66. The Hall–Kier alpha value is -1.17. The Morgan fingerprint density at radius 3 is 2.47 bits per heavy atom. The van der Waals surface area contributed by atoms with Crippen molar-refractivity contribution in [3.05, 3.63) is 34.6 Å². The zero-order chi connectivity index (χ0) is 13.2. The molecule has 1 aromatic carbocycles. The van der Waals surface area contributed by atoms with Crippen LogP contribution in [0.3, 0.4) is 0 Å². The molecule has 0 unspecified atom stereocenters. The monoisotopic (exact) mass is 272 g/mol. The highest BCUT2D eigenvalue weighted by molar-refractivity contribution is 6.31. The highest BCUT2D eigenvalue weighted by Gasteiger charge is 2.48. The zero-order valence-corrected chi connectivity index (χ0v) is 8.95. The number of carbonyl (C=O) groups is 1. The van der Waals surface area contributed by atoms with Crippen LogP contribution in [0.5, 0.6) is 0 Å². The summed E-state index contributed by atoms with van der Waals surface area (Å²) >= 11 is 5.41. The summed E-state index contributed by atoms with van der Waals surface area (Å²) in [4.78, 5) is 10.9. The van der Waals surface area contributed by atoms with Crippen LogP contribution in [0, 0.1) is 5.82 Å². The fourth-order valence-electron chi connectivity index (χ4n) is 1.10. The maximum atomic E-state index is 12.9. The van der Waals surface area contributed by atoms with Gasteiger partial charge in [0.15, 0.2) is 0 Å². The van der Waals surface area contributed by atoms with Gasteiger partial charge < -0.3 is 0 Å². The lowest BCUT2D eigenvalue weighted by atomic mass is 10.0. The first-order valence-electron chi connectivity index (χ1n) is 4.39. The second-order valence-corrected chi connectivity index (χ2v) is 3.61. The van der Waals surface area contributed by atoms with Gasteiger partial charge in [-0.3, -0.25) is 4.79 Å². The number of ketones is 1. The first kappa shape index (κ1) is 13.9. The summed E-state index contributed by atoms with van der Waals surface area (Å²) in [6, 6.07) is 3.22. The number of rotatable bonds is 4. The number of Topliss-reactive ketones (excluding diaryl/α,β-unsaturated/α-hetero) is 1. The molecular weight excluding hydrogens is 267 g/mol. The van der Waals surface area contributed by atoms with Gasteiger partial charge in [0, 0.05) is 6.42 Å². The highest BCUT2D eigenvalue weighted by atomic mass is 35.5. The van der Waals surface area contributed by atoms with Crippen LogP contribution in [0.1, 0.15) is 5.56 Å². The van der Waals surface area contributed by atoms with Gasteiger partial charge in [0.1, 0.15) is 5.82 Å². The fraction of sp³-hybridized carbons (Fsp3) is 0.300. The fourth-order valence-corrected chi connectivity index (χ4v) is 1.29. The van der Waals surface area contributed by atoms with Crippen LogP contribution in [-0.4, -0.2) is 18.1 Å². The molecule has 17 heavy (non-hydrogen) atoms. The maximum Gasteiger partial charge on any atom is 0.364 e. The molecule has 1 aromatic rings. The third-order valence-electron chi connectivity index (χ3n) is 2.03. The van der Waals surface area contributed by atoms with E-state index in [1.165, 1.54) is 0 Å². The van der Waals surface area contributed by atoms with Gasteiger partial charge in [0.2, 0.25) is 5.78 Å². The minimum Gasteiger partial charge on any atom is -0.292 e. The Labute approximate surface area is 98.2 Å². The summed E-state index contributed by atoms with van der Waals surface area (Å²) < 4.78 is 61.9. The first-order valence-corrected chi connectivity index (χ1v) is 4.76. The number of alkyl halides is 4. The van der Waals surface area contributed by atoms with Crippen molar-refractivity contribution in [2.24, 2.45) is 0 Å². The van der Waals surface area contributed by atoms with E-state index in [4.69, 9.17) is 11.6 Å². The largest absolute Gasteiger partial charge is 0.364 e. The SMILES string of the molecule is O=C(Cc1cccc(F)c1Cl)C(F)(F)C(F)F. The maximum absolute atomic E-state index is 12.9. The number of benzene rings is 1. The van der Waals surface area contributed by atoms with Gasteiger partial charge in [0.05, 0.1) is 5.02 Å². The average Bonchev–Trinajstić information content (AvgIpc) is 2.24. The molecule has 7 heteroatoms. The molecule has 0 aliphatic heterocycles. The normalized spacial score (nSPS) is 11.9. The molecule has 1 nitrogen and oxygen atoms in total. The Bertz CT molecular complexity index is 433. The van der Waals surface area contributed by atoms with E-state index in [1.54, 1.807) is 0 Å².